The third-order valence-electron chi connectivity index (χ3n) is 3.12. The molecule has 0 aliphatic carbocycles. The Morgan fingerprint density at radius 1 is 1.44 bits per heavy atom. The summed E-state index contributed by atoms with van der Waals surface area (Å²) in [6.07, 6.45) is 7.25. The van der Waals surface area contributed by atoms with Gasteiger partial charge in [0.1, 0.15) is 0 Å². The van der Waals surface area contributed by atoms with Crippen molar-refractivity contribution in [3.05, 3.63) is 36.2 Å². The summed E-state index contributed by atoms with van der Waals surface area (Å²) >= 11 is 0. The van der Waals surface area contributed by atoms with E-state index in [-0.39, 0.29) is 0 Å². The van der Waals surface area contributed by atoms with Crippen LogP contribution in [0.5, 0.6) is 0 Å². The maximum absolute atomic E-state index is 12.6. The standard InChI is InChI=1S/C13H19FN2/c1-10(2)16-9-12(5-4-11(16)3)6-13-7-15(14)8-13/h4-5,9-10,13H,3,6-8H2,1-2H3. The minimum atomic E-state index is 0.423. The first-order valence-electron chi connectivity index (χ1n) is 5.83. The molecule has 16 heavy (non-hydrogen) atoms. The molecule has 0 spiro atoms. The molecule has 0 unspecified atom stereocenters. The van der Waals surface area contributed by atoms with Crippen LogP contribution < -0.4 is 0 Å². The maximum Gasteiger partial charge on any atom is 0.0335 e. The van der Waals surface area contributed by atoms with Crippen molar-refractivity contribution in [2.75, 3.05) is 13.1 Å². The molecular formula is C13H19FN2. The van der Waals surface area contributed by atoms with Gasteiger partial charge >= 0.3 is 0 Å². The van der Waals surface area contributed by atoms with Gasteiger partial charge in [-0.15, -0.1) is 9.60 Å². The second-order valence-electron chi connectivity index (χ2n) is 4.93. The number of rotatable bonds is 3. The average Bonchev–Trinajstić information content (AvgIpc) is 2.18. The predicted octanol–water partition coefficient (Wildman–Crippen LogP) is 2.87. The van der Waals surface area contributed by atoms with Crippen molar-refractivity contribution in [3.63, 3.8) is 0 Å². The number of nitrogens with zero attached hydrogens (tertiary/aromatic N) is 2. The first-order chi connectivity index (χ1) is 7.56. The van der Waals surface area contributed by atoms with E-state index in [4.69, 9.17) is 0 Å². The van der Waals surface area contributed by atoms with Crippen molar-refractivity contribution in [2.24, 2.45) is 5.92 Å². The van der Waals surface area contributed by atoms with Gasteiger partial charge in [0.2, 0.25) is 0 Å². The van der Waals surface area contributed by atoms with E-state index in [2.05, 4.69) is 37.6 Å². The monoisotopic (exact) mass is 222 g/mol. The molecule has 0 bridgehead atoms. The van der Waals surface area contributed by atoms with Crippen molar-refractivity contribution in [1.29, 1.82) is 0 Å². The molecule has 0 amide bonds. The van der Waals surface area contributed by atoms with Gasteiger partial charge in [0.05, 0.1) is 0 Å². The zero-order chi connectivity index (χ0) is 11.7. The van der Waals surface area contributed by atoms with E-state index in [1.54, 1.807) is 0 Å². The Balaban J connectivity index is 1.97. The lowest BCUT2D eigenvalue weighted by Crippen LogP contribution is -2.41. The number of halogens is 1. The molecule has 2 rings (SSSR count). The molecule has 2 nitrogen and oxygen atoms in total. The number of allylic oxidation sites excluding steroid dienone is 3. The third kappa shape index (κ3) is 2.35. The van der Waals surface area contributed by atoms with Gasteiger partial charge in [-0.1, -0.05) is 12.7 Å². The molecule has 1 saturated heterocycles. The fraction of sp³-hybridized carbons (Fsp3) is 0.538. The summed E-state index contributed by atoms with van der Waals surface area (Å²) in [5.74, 6) is 0.473. The summed E-state index contributed by atoms with van der Waals surface area (Å²) in [6, 6.07) is 0.423. The number of hydrogen-bond acceptors (Lipinski definition) is 2. The highest BCUT2D eigenvalue weighted by atomic mass is 19.2. The Kier molecular flexibility index (Phi) is 3.15. The highest BCUT2D eigenvalue weighted by Gasteiger charge is 2.27. The molecule has 0 radical (unpaired) electrons. The van der Waals surface area contributed by atoms with Crippen molar-refractivity contribution in [2.45, 2.75) is 26.3 Å². The minimum Gasteiger partial charge on any atom is -0.346 e. The van der Waals surface area contributed by atoms with Crippen molar-refractivity contribution in [1.82, 2.24) is 10.0 Å². The van der Waals surface area contributed by atoms with Crippen LogP contribution in [0.25, 0.3) is 0 Å². The topological polar surface area (TPSA) is 6.48 Å². The van der Waals surface area contributed by atoms with Crippen LogP contribution in [0.15, 0.2) is 36.2 Å². The summed E-state index contributed by atoms with van der Waals surface area (Å²) in [6.45, 7) is 9.45. The van der Waals surface area contributed by atoms with Gasteiger partial charge in [0.15, 0.2) is 0 Å². The number of hydrogen-bond donors (Lipinski definition) is 0. The zero-order valence-corrected chi connectivity index (χ0v) is 9.99. The molecule has 0 aromatic rings. The third-order valence-corrected chi connectivity index (χ3v) is 3.12. The van der Waals surface area contributed by atoms with Gasteiger partial charge in [0, 0.05) is 31.0 Å². The quantitative estimate of drug-likeness (QED) is 0.677. The maximum atomic E-state index is 12.6. The highest BCUT2D eigenvalue weighted by Crippen LogP contribution is 2.27. The lowest BCUT2D eigenvalue weighted by atomic mass is 9.93. The Morgan fingerprint density at radius 2 is 2.12 bits per heavy atom. The van der Waals surface area contributed by atoms with Crippen molar-refractivity contribution >= 4 is 0 Å². The summed E-state index contributed by atoms with van der Waals surface area (Å²) in [5.41, 5.74) is 2.30. The lowest BCUT2D eigenvalue weighted by molar-refractivity contribution is -0.0765. The molecule has 0 aromatic heterocycles. The SMILES string of the molecule is C=C1C=CC(CC2CN(F)C2)=CN1C(C)C. The van der Waals surface area contributed by atoms with Crippen LogP contribution in [0.1, 0.15) is 20.3 Å². The van der Waals surface area contributed by atoms with E-state index in [1.165, 1.54) is 5.57 Å². The summed E-state index contributed by atoms with van der Waals surface area (Å²) in [4.78, 5) is 2.17. The van der Waals surface area contributed by atoms with Crippen molar-refractivity contribution < 1.29 is 4.48 Å². The summed E-state index contributed by atoms with van der Waals surface area (Å²) < 4.78 is 12.6. The Bertz CT molecular complexity index is 338. The summed E-state index contributed by atoms with van der Waals surface area (Å²) in [7, 11) is 0. The van der Waals surface area contributed by atoms with E-state index in [9.17, 15) is 4.48 Å². The molecular weight excluding hydrogens is 203 g/mol. The molecule has 2 aliphatic rings. The van der Waals surface area contributed by atoms with E-state index in [1.807, 2.05) is 6.08 Å². The smallest absolute Gasteiger partial charge is 0.0335 e. The molecule has 0 aromatic carbocycles. The normalized spacial score (nSPS) is 22.6. The van der Waals surface area contributed by atoms with Gasteiger partial charge in [-0.2, -0.15) is 0 Å². The van der Waals surface area contributed by atoms with Gasteiger partial charge in [-0.3, -0.25) is 0 Å². The first-order valence-corrected chi connectivity index (χ1v) is 5.83. The molecule has 0 atom stereocenters. The predicted molar refractivity (Wildman–Crippen MR) is 64.1 cm³/mol. The largest absolute Gasteiger partial charge is 0.346 e. The zero-order valence-electron chi connectivity index (χ0n) is 9.99. The van der Waals surface area contributed by atoms with Crippen molar-refractivity contribution in [3.8, 4) is 0 Å². The first kappa shape index (κ1) is 11.4. The molecule has 1 fully saturated rings. The fourth-order valence-electron chi connectivity index (χ4n) is 2.16. The molecule has 2 aliphatic heterocycles. The second-order valence-corrected chi connectivity index (χ2v) is 4.93. The van der Waals surface area contributed by atoms with Gasteiger partial charge in [0.25, 0.3) is 0 Å². The highest BCUT2D eigenvalue weighted by molar-refractivity contribution is 5.33. The average molecular weight is 222 g/mol. The molecule has 2 heterocycles. The Morgan fingerprint density at radius 3 is 2.69 bits per heavy atom. The van der Waals surface area contributed by atoms with Gasteiger partial charge in [-0.25, -0.2) is 0 Å². The van der Waals surface area contributed by atoms with Crippen LogP contribution in [0.3, 0.4) is 0 Å². The molecule has 0 N–H and O–H groups in total. The van der Waals surface area contributed by atoms with Crippen LogP contribution >= 0.6 is 0 Å². The van der Waals surface area contributed by atoms with E-state index in [0.29, 0.717) is 25.0 Å². The fourth-order valence-corrected chi connectivity index (χ4v) is 2.16. The van der Waals surface area contributed by atoms with E-state index < -0.39 is 0 Å². The van der Waals surface area contributed by atoms with Crippen LogP contribution in [0, 0.1) is 5.92 Å². The Labute approximate surface area is 96.7 Å². The molecule has 88 valence electrons. The van der Waals surface area contributed by atoms with Gasteiger partial charge < -0.3 is 4.90 Å². The van der Waals surface area contributed by atoms with Crippen LogP contribution in [-0.4, -0.2) is 29.2 Å². The second kappa shape index (κ2) is 4.42. The van der Waals surface area contributed by atoms with Crippen LogP contribution in [0.2, 0.25) is 0 Å². The summed E-state index contributed by atoms with van der Waals surface area (Å²) in [5, 5.41) is 0.872. The lowest BCUT2D eigenvalue weighted by Gasteiger charge is -2.34. The Hall–Kier alpha value is -1.09. The van der Waals surface area contributed by atoms with E-state index in [0.717, 1.165) is 17.2 Å². The molecule has 0 saturated carbocycles. The molecule has 3 heteroatoms. The van der Waals surface area contributed by atoms with E-state index >= 15 is 0 Å². The minimum absolute atomic E-state index is 0.423. The van der Waals surface area contributed by atoms with Crippen LogP contribution in [0.4, 0.5) is 4.48 Å². The van der Waals surface area contributed by atoms with Gasteiger partial charge in [-0.05, 0) is 37.8 Å². The van der Waals surface area contributed by atoms with Crippen LogP contribution in [-0.2, 0) is 0 Å².